The Hall–Kier alpha value is -3.02. The van der Waals surface area contributed by atoms with Gasteiger partial charge in [0.15, 0.2) is 0 Å². The Morgan fingerprint density at radius 3 is 2.44 bits per heavy atom. The first-order chi connectivity index (χ1) is 16.3. The number of hydrogen-bond donors (Lipinski definition) is 1. The minimum absolute atomic E-state index is 0.0344. The predicted octanol–water partition coefficient (Wildman–Crippen LogP) is 7.23. The van der Waals surface area contributed by atoms with Crippen molar-refractivity contribution < 1.29 is 14.3 Å². The summed E-state index contributed by atoms with van der Waals surface area (Å²) in [6.45, 7) is 2.88. The lowest BCUT2D eigenvalue weighted by molar-refractivity contribution is 0.0792. The molecule has 176 valence electrons. The maximum Gasteiger partial charge on any atom is 0.253 e. The molecule has 0 radical (unpaired) electrons. The molecule has 0 bridgehead atoms. The molecular formula is C27H25Cl2NO4. The maximum absolute atomic E-state index is 12.9. The van der Waals surface area contributed by atoms with Crippen LogP contribution < -0.4 is 5.43 Å². The molecule has 1 N–H and O–H groups in total. The van der Waals surface area contributed by atoms with Gasteiger partial charge in [0.05, 0.1) is 10.0 Å². The summed E-state index contributed by atoms with van der Waals surface area (Å²) in [6, 6.07) is 13.2. The zero-order valence-corrected chi connectivity index (χ0v) is 20.5. The molecule has 2 aromatic carbocycles. The fourth-order valence-electron chi connectivity index (χ4n) is 4.09. The number of aromatic hydroxyl groups is 1. The number of nitrogens with zero attached hydrogens (tertiary/aromatic N) is 1. The Morgan fingerprint density at radius 1 is 1.00 bits per heavy atom. The zero-order valence-electron chi connectivity index (χ0n) is 19.0. The summed E-state index contributed by atoms with van der Waals surface area (Å²) in [4.78, 5) is 26.7. The fraction of sp³-hybridized carbons (Fsp3) is 0.259. The average Bonchev–Trinajstić information content (AvgIpc) is 2.82. The van der Waals surface area contributed by atoms with Gasteiger partial charge < -0.3 is 14.4 Å². The van der Waals surface area contributed by atoms with Crippen molar-refractivity contribution in [2.24, 2.45) is 0 Å². The smallest absolute Gasteiger partial charge is 0.253 e. The summed E-state index contributed by atoms with van der Waals surface area (Å²) in [5.74, 6) is 0.181. The van der Waals surface area contributed by atoms with Crippen molar-refractivity contribution in [1.82, 2.24) is 4.90 Å². The molecule has 0 fully saturated rings. The van der Waals surface area contributed by atoms with Gasteiger partial charge in [-0.25, -0.2) is 0 Å². The molecule has 0 saturated carbocycles. The number of hydrogen-bond acceptors (Lipinski definition) is 4. The van der Waals surface area contributed by atoms with E-state index in [0.717, 1.165) is 30.4 Å². The van der Waals surface area contributed by atoms with E-state index in [1.54, 1.807) is 29.2 Å². The third-order valence-corrected chi connectivity index (χ3v) is 6.55. The number of rotatable bonds is 7. The van der Waals surface area contributed by atoms with Gasteiger partial charge in [0.25, 0.3) is 5.91 Å². The Balaban J connectivity index is 1.77. The molecule has 1 amide bonds. The molecule has 7 heteroatoms. The number of phenols is 1. The van der Waals surface area contributed by atoms with Crippen molar-refractivity contribution in [1.29, 1.82) is 0 Å². The number of phenolic OH excluding ortho intramolecular Hbond substituents is 1. The van der Waals surface area contributed by atoms with Crippen molar-refractivity contribution >= 4 is 40.1 Å². The van der Waals surface area contributed by atoms with Crippen LogP contribution in [0.3, 0.4) is 0 Å². The maximum atomic E-state index is 12.9. The van der Waals surface area contributed by atoms with Crippen LogP contribution in [-0.4, -0.2) is 29.5 Å². The van der Waals surface area contributed by atoms with Crippen LogP contribution in [0.4, 0.5) is 0 Å². The highest BCUT2D eigenvalue weighted by Gasteiger charge is 2.21. The third kappa shape index (κ3) is 4.77. The monoisotopic (exact) mass is 497 g/mol. The Labute approximate surface area is 207 Å². The lowest BCUT2D eigenvalue weighted by atomic mass is 9.93. The van der Waals surface area contributed by atoms with Crippen LogP contribution in [0, 0.1) is 0 Å². The SMILES string of the molecule is CCCCCCN(C)C(=O)c1ccc(-c2c3cc(Cl)c(=O)cc-3oc3cc(O)c(Cl)cc23)cc1. The Kier molecular flexibility index (Phi) is 7.15. The Bertz CT molecular complexity index is 1380. The number of benzene rings is 3. The number of carbonyl (C=O) groups excluding carboxylic acids is 1. The molecular weight excluding hydrogens is 473 g/mol. The van der Waals surface area contributed by atoms with Crippen LogP contribution in [0.15, 0.2) is 57.7 Å². The summed E-state index contributed by atoms with van der Waals surface area (Å²) in [5.41, 5.74) is 2.77. The summed E-state index contributed by atoms with van der Waals surface area (Å²) < 4.78 is 5.89. The van der Waals surface area contributed by atoms with E-state index in [0.29, 0.717) is 34.4 Å². The lowest BCUT2D eigenvalue weighted by Gasteiger charge is -2.18. The van der Waals surface area contributed by atoms with Gasteiger partial charge in [0, 0.05) is 47.8 Å². The van der Waals surface area contributed by atoms with E-state index in [1.165, 1.54) is 18.6 Å². The van der Waals surface area contributed by atoms with E-state index in [-0.39, 0.29) is 27.1 Å². The largest absolute Gasteiger partial charge is 0.506 e. The molecule has 0 unspecified atom stereocenters. The molecule has 2 aromatic rings. The van der Waals surface area contributed by atoms with Crippen LogP contribution in [0.2, 0.25) is 10.0 Å². The van der Waals surface area contributed by atoms with Gasteiger partial charge in [-0.1, -0.05) is 61.5 Å². The highest BCUT2D eigenvalue weighted by atomic mass is 35.5. The standard InChI is InChI=1S/C27H25Cl2NO4/c1-3-4-5-6-11-30(2)27(33)17-9-7-16(8-10-17)26-18-12-20(28)22(31)14-24(18)34-25-15-23(32)21(29)13-19(25)26/h7-10,12-15,31H,3-6,11H2,1-2H3. The van der Waals surface area contributed by atoms with Gasteiger partial charge in [-0.05, 0) is 36.2 Å². The van der Waals surface area contributed by atoms with Crippen LogP contribution in [-0.2, 0) is 0 Å². The first kappa shape index (κ1) is 24.1. The number of amides is 1. The van der Waals surface area contributed by atoms with E-state index < -0.39 is 0 Å². The molecule has 5 nitrogen and oxygen atoms in total. The number of carbonyl (C=O) groups is 1. The molecule has 1 aliphatic heterocycles. The van der Waals surface area contributed by atoms with Crippen LogP contribution in [0.5, 0.6) is 5.75 Å². The predicted molar refractivity (Wildman–Crippen MR) is 137 cm³/mol. The number of halogens is 2. The first-order valence-electron chi connectivity index (χ1n) is 11.2. The summed E-state index contributed by atoms with van der Waals surface area (Å²) >= 11 is 12.3. The molecule has 0 spiro atoms. The molecule has 34 heavy (non-hydrogen) atoms. The van der Waals surface area contributed by atoms with Crippen LogP contribution in [0.25, 0.3) is 33.4 Å². The molecule has 4 rings (SSSR count). The van der Waals surface area contributed by atoms with E-state index in [2.05, 4.69) is 6.92 Å². The third-order valence-electron chi connectivity index (χ3n) is 5.96. The average molecular weight is 498 g/mol. The Morgan fingerprint density at radius 2 is 1.74 bits per heavy atom. The van der Waals surface area contributed by atoms with Crippen molar-refractivity contribution in [3.63, 3.8) is 0 Å². The summed E-state index contributed by atoms with van der Waals surface area (Å²) in [5, 5.41) is 11.0. The van der Waals surface area contributed by atoms with Gasteiger partial charge in [0.1, 0.15) is 17.1 Å². The van der Waals surface area contributed by atoms with E-state index in [1.807, 2.05) is 19.2 Å². The molecule has 0 aromatic heterocycles. The minimum Gasteiger partial charge on any atom is -0.506 e. The van der Waals surface area contributed by atoms with Crippen molar-refractivity contribution in [3.05, 3.63) is 74.4 Å². The number of fused-ring (bicyclic) bond motifs is 2. The van der Waals surface area contributed by atoms with Crippen molar-refractivity contribution in [2.45, 2.75) is 32.6 Å². The lowest BCUT2D eigenvalue weighted by Crippen LogP contribution is -2.27. The summed E-state index contributed by atoms with van der Waals surface area (Å²) in [7, 11) is 1.82. The first-order valence-corrected chi connectivity index (χ1v) is 12.0. The van der Waals surface area contributed by atoms with E-state index in [9.17, 15) is 14.7 Å². The normalized spacial score (nSPS) is 11.3. The van der Waals surface area contributed by atoms with E-state index in [4.69, 9.17) is 27.6 Å². The minimum atomic E-state index is -0.357. The van der Waals surface area contributed by atoms with Gasteiger partial charge in [-0.3, -0.25) is 9.59 Å². The topological polar surface area (TPSA) is 70.8 Å². The van der Waals surface area contributed by atoms with Crippen molar-refractivity contribution in [2.75, 3.05) is 13.6 Å². The number of unbranched alkanes of at least 4 members (excludes halogenated alkanes) is 3. The fourth-order valence-corrected chi connectivity index (χ4v) is 4.42. The second kappa shape index (κ2) is 10.1. The quantitative estimate of drug-likeness (QED) is 0.216. The van der Waals surface area contributed by atoms with Crippen LogP contribution >= 0.6 is 23.2 Å². The molecule has 2 aliphatic rings. The van der Waals surface area contributed by atoms with Crippen molar-refractivity contribution in [3.8, 4) is 28.2 Å². The molecule has 0 saturated heterocycles. The molecule has 1 heterocycles. The highest BCUT2D eigenvalue weighted by molar-refractivity contribution is 6.33. The molecule has 1 aliphatic carbocycles. The highest BCUT2D eigenvalue weighted by Crippen LogP contribution is 2.43. The van der Waals surface area contributed by atoms with Gasteiger partial charge in [-0.2, -0.15) is 0 Å². The zero-order chi connectivity index (χ0) is 24.4. The second-order valence-corrected chi connectivity index (χ2v) is 9.23. The van der Waals surface area contributed by atoms with Gasteiger partial charge in [-0.15, -0.1) is 0 Å². The van der Waals surface area contributed by atoms with E-state index >= 15 is 0 Å². The summed E-state index contributed by atoms with van der Waals surface area (Å²) in [6.07, 6.45) is 4.41. The van der Waals surface area contributed by atoms with Gasteiger partial charge >= 0.3 is 0 Å². The van der Waals surface area contributed by atoms with Crippen LogP contribution in [0.1, 0.15) is 43.0 Å². The van der Waals surface area contributed by atoms with Gasteiger partial charge in [0.2, 0.25) is 5.43 Å². The second-order valence-electron chi connectivity index (χ2n) is 8.42. The molecule has 0 atom stereocenters.